The van der Waals surface area contributed by atoms with E-state index in [1.54, 1.807) is 6.07 Å². The van der Waals surface area contributed by atoms with Crippen molar-refractivity contribution in [2.45, 2.75) is 0 Å². The quantitative estimate of drug-likeness (QED) is 0.699. The van der Waals surface area contributed by atoms with E-state index in [4.69, 9.17) is 5.26 Å². The molecule has 0 saturated heterocycles. The minimum atomic E-state index is -0.677. The van der Waals surface area contributed by atoms with Gasteiger partial charge in [0.25, 0.3) is 5.91 Å². The maximum Gasteiger partial charge on any atom is 0.251 e. The van der Waals surface area contributed by atoms with E-state index in [1.807, 2.05) is 0 Å². The first kappa shape index (κ1) is 9.20. The lowest BCUT2D eigenvalue weighted by Crippen LogP contribution is -2.17. The Labute approximate surface area is 74.8 Å². The van der Waals surface area contributed by atoms with Crippen molar-refractivity contribution in [3.05, 3.63) is 35.1 Å². The third kappa shape index (κ3) is 1.82. The van der Waals surface area contributed by atoms with Crippen molar-refractivity contribution in [2.24, 2.45) is 0 Å². The van der Waals surface area contributed by atoms with Crippen LogP contribution in [0.4, 0.5) is 4.39 Å². The van der Waals surface area contributed by atoms with Crippen LogP contribution in [-0.2, 0) is 0 Å². The third-order valence-corrected chi connectivity index (χ3v) is 1.58. The molecule has 13 heavy (non-hydrogen) atoms. The van der Waals surface area contributed by atoms with Gasteiger partial charge in [-0.25, -0.2) is 4.39 Å². The molecule has 0 spiro atoms. The molecule has 1 amide bonds. The number of hydrogen-bond donors (Lipinski definition) is 1. The monoisotopic (exact) mass is 178 g/mol. The molecule has 0 radical (unpaired) electrons. The summed E-state index contributed by atoms with van der Waals surface area (Å²) < 4.78 is 12.9. The number of carbonyl (C=O) groups excluding carboxylic acids is 1. The zero-order valence-corrected chi connectivity index (χ0v) is 6.97. The van der Waals surface area contributed by atoms with Gasteiger partial charge in [-0.15, -0.1) is 0 Å². The van der Waals surface area contributed by atoms with Crippen LogP contribution >= 0.6 is 0 Å². The minimum Gasteiger partial charge on any atom is -0.355 e. The summed E-state index contributed by atoms with van der Waals surface area (Å²) in [6.45, 7) is 0. The fraction of sp³-hybridized carbons (Fsp3) is 0.111. The highest BCUT2D eigenvalue weighted by atomic mass is 19.1. The first-order valence-electron chi connectivity index (χ1n) is 3.60. The SMILES string of the molecule is CNC(=O)c1ccc(C#N)c(F)c1. The molecule has 1 rings (SSSR count). The normalized spacial score (nSPS) is 9.00. The van der Waals surface area contributed by atoms with Gasteiger partial charge in [-0.1, -0.05) is 0 Å². The lowest BCUT2D eigenvalue weighted by molar-refractivity contribution is 0.0962. The Balaban J connectivity index is 3.11. The molecular formula is C9H7FN2O. The molecule has 0 atom stereocenters. The van der Waals surface area contributed by atoms with Gasteiger partial charge in [0.05, 0.1) is 5.56 Å². The van der Waals surface area contributed by atoms with Gasteiger partial charge >= 0.3 is 0 Å². The van der Waals surface area contributed by atoms with Gasteiger partial charge in [-0.3, -0.25) is 4.79 Å². The largest absolute Gasteiger partial charge is 0.355 e. The van der Waals surface area contributed by atoms with Gasteiger partial charge in [0.1, 0.15) is 11.9 Å². The third-order valence-electron chi connectivity index (χ3n) is 1.58. The lowest BCUT2D eigenvalue weighted by atomic mass is 10.1. The molecule has 0 bridgehead atoms. The van der Waals surface area contributed by atoms with Gasteiger partial charge < -0.3 is 5.32 Å². The van der Waals surface area contributed by atoms with Crippen LogP contribution in [0, 0.1) is 17.1 Å². The number of amides is 1. The second kappa shape index (κ2) is 3.68. The number of nitrogens with one attached hydrogen (secondary N) is 1. The summed E-state index contributed by atoms with van der Waals surface area (Å²) >= 11 is 0. The van der Waals surface area contributed by atoms with Gasteiger partial charge in [0, 0.05) is 12.6 Å². The molecule has 0 fully saturated rings. The Morgan fingerprint density at radius 3 is 2.77 bits per heavy atom. The number of nitriles is 1. The van der Waals surface area contributed by atoms with Gasteiger partial charge in [-0.05, 0) is 18.2 Å². The van der Waals surface area contributed by atoms with E-state index in [0.717, 1.165) is 6.07 Å². The molecule has 0 aliphatic carbocycles. The van der Waals surface area contributed by atoms with Crippen LogP contribution in [0.15, 0.2) is 18.2 Å². The molecule has 0 heterocycles. The summed E-state index contributed by atoms with van der Waals surface area (Å²) in [5.41, 5.74) is 0.145. The van der Waals surface area contributed by atoms with E-state index in [-0.39, 0.29) is 17.0 Å². The van der Waals surface area contributed by atoms with E-state index in [0.29, 0.717) is 0 Å². The standard InChI is InChI=1S/C9H7FN2O/c1-12-9(13)6-2-3-7(5-11)8(10)4-6/h2-4H,1H3,(H,12,13). The summed E-state index contributed by atoms with van der Waals surface area (Å²) in [5, 5.41) is 10.8. The first-order valence-corrected chi connectivity index (χ1v) is 3.60. The Bertz CT molecular complexity index is 382. The molecule has 1 N–H and O–H groups in total. The van der Waals surface area contributed by atoms with E-state index >= 15 is 0 Å². The van der Waals surface area contributed by atoms with Gasteiger partial charge in [0.15, 0.2) is 0 Å². The fourth-order valence-corrected chi connectivity index (χ4v) is 0.891. The number of rotatable bonds is 1. The van der Waals surface area contributed by atoms with Crippen LogP contribution in [0.5, 0.6) is 0 Å². The average molecular weight is 178 g/mol. The second-order valence-corrected chi connectivity index (χ2v) is 2.39. The van der Waals surface area contributed by atoms with Gasteiger partial charge in [-0.2, -0.15) is 5.26 Å². The smallest absolute Gasteiger partial charge is 0.251 e. The molecule has 0 aromatic heterocycles. The number of halogens is 1. The molecule has 0 saturated carbocycles. The van der Waals surface area contributed by atoms with Crippen LogP contribution in [0.3, 0.4) is 0 Å². The van der Waals surface area contributed by atoms with Crippen LogP contribution in [0.1, 0.15) is 15.9 Å². The maximum atomic E-state index is 12.9. The predicted octanol–water partition coefficient (Wildman–Crippen LogP) is 1.06. The number of nitrogens with zero attached hydrogens (tertiary/aromatic N) is 1. The summed E-state index contributed by atoms with van der Waals surface area (Å²) in [5.74, 6) is -1.05. The molecule has 0 unspecified atom stereocenters. The molecular weight excluding hydrogens is 171 g/mol. The Morgan fingerprint density at radius 2 is 2.31 bits per heavy atom. The van der Waals surface area contributed by atoms with Crippen molar-refractivity contribution in [1.82, 2.24) is 5.32 Å². The Kier molecular flexibility index (Phi) is 2.60. The average Bonchev–Trinajstić information content (AvgIpc) is 2.16. The fourth-order valence-electron chi connectivity index (χ4n) is 0.891. The molecule has 0 aliphatic rings. The molecule has 66 valence electrons. The first-order chi connectivity index (χ1) is 6.19. The summed E-state index contributed by atoms with van der Waals surface area (Å²) in [7, 11) is 1.46. The number of benzene rings is 1. The molecule has 1 aromatic carbocycles. The Morgan fingerprint density at radius 1 is 1.62 bits per heavy atom. The van der Waals surface area contributed by atoms with E-state index in [2.05, 4.69) is 5.32 Å². The van der Waals surface area contributed by atoms with E-state index < -0.39 is 5.82 Å². The lowest BCUT2D eigenvalue weighted by Gasteiger charge is -1.99. The highest BCUT2D eigenvalue weighted by molar-refractivity contribution is 5.94. The summed E-state index contributed by atoms with van der Waals surface area (Å²) in [6.07, 6.45) is 0. The van der Waals surface area contributed by atoms with Gasteiger partial charge in [0.2, 0.25) is 0 Å². The highest BCUT2D eigenvalue weighted by Gasteiger charge is 2.07. The van der Waals surface area contributed by atoms with Crippen molar-refractivity contribution < 1.29 is 9.18 Å². The second-order valence-electron chi connectivity index (χ2n) is 2.39. The zero-order chi connectivity index (χ0) is 9.84. The predicted molar refractivity (Wildman–Crippen MR) is 44.5 cm³/mol. The summed E-state index contributed by atoms with van der Waals surface area (Å²) in [4.78, 5) is 11.0. The molecule has 3 nitrogen and oxygen atoms in total. The van der Waals surface area contributed by atoms with E-state index in [9.17, 15) is 9.18 Å². The number of hydrogen-bond acceptors (Lipinski definition) is 2. The van der Waals surface area contributed by atoms with Crippen LogP contribution in [0.2, 0.25) is 0 Å². The zero-order valence-electron chi connectivity index (χ0n) is 6.97. The topological polar surface area (TPSA) is 52.9 Å². The molecule has 0 aliphatic heterocycles. The number of carbonyl (C=O) groups is 1. The minimum absolute atomic E-state index is 0.0624. The van der Waals surface area contributed by atoms with Crippen LogP contribution < -0.4 is 5.32 Å². The van der Waals surface area contributed by atoms with Crippen LogP contribution in [0.25, 0.3) is 0 Å². The maximum absolute atomic E-state index is 12.9. The van der Waals surface area contributed by atoms with Crippen molar-refractivity contribution in [3.8, 4) is 6.07 Å². The van der Waals surface area contributed by atoms with Crippen molar-refractivity contribution in [3.63, 3.8) is 0 Å². The van der Waals surface area contributed by atoms with Crippen molar-refractivity contribution >= 4 is 5.91 Å². The Hall–Kier alpha value is -1.89. The molecule has 1 aromatic rings. The van der Waals surface area contributed by atoms with E-state index in [1.165, 1.54) is 19.2 Å². The van der Waals surface area contributed by atoms with Crippen LogP contribution in [-0.4, -0.2) is 13.0 Å². The highest BCUT2D eigenvalue weighted by Crippen LogP contribution is 2.08. The molecule has 4 heteroatoms. The summed E-state index contributed by atoms with van der Waals surface area (Å²) in [6, 6.07) is 5.39. The van der Waals surface area contributed by atoms with Crippen molar-refractivity contribution in [1.29, 1.82) is 5.26 Å². The van der Waals surface area contributed by atoms with Crippen molar-refractivity contribution in [2.75, 3.05) is 7.05 Å².